The number of carbonyl (C=O) groups excluding carboxylic acids is 1. The highest BCUT2D eigenvalue weighted by atomic mass is 19.1. The average Bonchev–Trinajstić information content (AvgIpc) is 3.10. The van der Waals surface area contributed by atoms with Gasteiger partial charge in [0.1, 0.15) is 5.82 Å². The topological polar surface area (TPSA) is 127 Å². The summed E-state index contributed by atoms with van der Waals surface area (Å²) in [6, 6.07) is 0.830. The molecule has 1 fully saturated rings. The van der Waals surface area contributed by atoms with E-state index in [0.717, 1.165) is 5.39 Å². The van der Waals surface area contributed by atoms with E-state index >= 15 is 0 Å². The second-order valence-corrected chi connectivity index (χ2v) is 7.27. The number of nitrogens with two attached hydrogens (primary N) is 1. The molecule has 0 aliphatic carbocycles. The van der Waals surface area contributed by atoms with Gasteiger partial charge in [0.25, 0.3) is 0 Å². The lowest BCUT2D eigenvalue weighted by molar-refractivity contribution is 0.200. The molecule has 12 heteroatoms. The fourth-order valence-electron chi connectivity index (χ4n) is 3.64. The summed E-state index contributed by atoms with van der Waals surface area (Å²) in [4.78, 5) is 29.0. The van der Waals surface area contributed by atoms with E-state index in [2.05, 4.69) is 30.3 Å². The number of amides is 2. The van der Waals surface area contributed by atoms with Gasteiger partial charge in [-0.15, -0.1) is 0 Å². The molecule has 0 saturated carbocycles. The van der Waals surface area contributed by atoms with Gasteiger partial charge < -0.3 is 25.6 Å². The molecule has 1 aliphatic heterocycles. The van der Waals surface area contributed by atoms with Crippen molar-refractivity contribution >= 4 is 34.5 Å². The molecular weight excluding hydrogens is 405 g/mol. The second kappa shape index (κ2) is 8.20. The van der Waals surface area contributed by atoms with Crippen LogP contribution in [-0.4, -0.2) is 67.9 Å². The Morgan fingerprint density at radius 3 is 2.87 bits per heavy atom. The number of aromatic nitrogens is 5. The van der Waals surface area contributed by atoms with Gasteiger partial charge in [0.05, 0.1) is 30.1 Å². The van der Waals surface area contributed by atoms with Crippen LogP contribution < -0.4 is 20.7 Å². The zero-order chi connectivity index (χ0) is 22.1. The van der Waals surface area contributed by atoms with E-state index in [1.807, 2.05) is 6.92 Å². The molecule has 3 aromatic heterocycles. The number of nitrogens with zero attached hydrogens (tertiary/aromatic N) is 7. The number of halogens is 1. The highest BCUT2D eigenvalue weighted by Gasteiger charge is 2.29. The first kappa shape index (κ1) is 20.6. The Hall–Kier alpha value is -3.70. The number of pyridine rings is 1. The van der Waals surface area contributed by atoms with Gasteiger partial charge in [-0.3, -0.25) is 4.68 Å². The van der Waals surface area contributed by atoms with Crippen LogP contribution in [0.2, 0.25) is 0 Å². The number of aryl methyl sites for hydroxylation is 1. The number of carbonyl (C=O) groups is 1. The van der Waals surface area contributed by atoms with Gasteiger partial charge in [-0.25, -0.2) is 14.2 Å². The summed E-state index contributed by atoms with van der Waals surface area (Å²) in [5.74, 6) is 0.151. The number of nitrogens with one attached hydrogen (secondary N) is 1. The highest BCUT2D eigenvalue weighted by molar-refractivity contribution is 5.90. The van der Waals surface area contributed by atoms with Crippen LogP contribution in [-0.2, 0) is 7.05 Å². The van der Waals surface area contributed by atoms with Crippen LogP contribution in [0.3, 0.4) is 0 Å². The van der Waals surface area contributed by atoms with Crippen LogP contribution >= 0.6 is 0 Å². The SMILES string of the molecule is CCOc1ncc(NC(=O)N2CCN(c3nc(N)nc4c3cnn4C)[C@@H](C)C2)cc1F. The predicted molar refractivity (Wildman–Crippen MR) is 113 cm³/mol. The molecule has 31 heavy (non-hydrogen) atoms. The van der Waals surface area contributed by atoms with Gasteiger partial charge in [-0.1, -0.05) is 0 Å². The molecule has 11 nitrogen and oxygen atoms in total. The molecule has 4 heterocycles. The third-order valence-corrected chi connectivity index (χ3v) is 5.12. The van der Waals surface area contributed by atoms with Crippen molar-refractivity contribution in [3.8, 4) is 5.88 Å². The van der Waals surface area contributed by atoms with E-state index in [9.17, 15) is 9.18 Å². The lowest BCUT2D eigenvalue weighted by Gasteiger charge is -2.40. The number of ether oxygens (including phenoxy) is 1. The maximum absolute atomic E-state index is 14.0. The van der Waals surface area contributed by atoms with E-state index in [-0.39, 0.29) is 29.6 Å². The quantitative estimate of drug-likeness (QED) is 0.640. The molecule has 1 saturated heterocycles. The normalized spacial score (nSPS) is 16.6. The highest BCUT2D eigenvalue weighted by Crippen LogP contribution is 2.27. The third kappa shape index (κ3) is 4.00. The molecule has 164 valence electrons. The molecule has 3 aromatic rings. The van der Waals surface area contributed by atoms with Crippen LogP contribution in [0.25, 0.3) is 11.0 Å². The molecule has 3 N–H and O–H groups in total. The van der Waals surface area contributed by atoms with E-state index in [1.54, 1.807) is 29.7 Å². The lowest BCUT2D eigenvalue weighted by Crippen LogP contribution is -2.55. The predicted octanol–water partition coefficient (Wildman–Crippen LogP) is 1.62. The number of hydrogen-bond acceptors (Lipinski definition) is 8. The van der Waals surface area contributed by atoms with E-state index in [4.69, 9.17) is 10.5 Å². The molecule has 0 unspecified atom stereocenters. The fraction of sp³-hybridized carbons (Fsp3) is 0.421. The summed E-state index contributed by atoms with van der Waals surface area (Å²) >= 11 is 0. The van der Waals surface area contributed by atoms with Gasteiger partial charge in [-0.2, -0.15) is 15.1 Å². The Kier molecular flexibility index (Phi) is 5.44. The number of urea groups is 1. The Balaban J connectivity index is 1.46. The molecular formula is C19H24FN9O2. The summed E-state index contributed by atoms with van der Waals surface area (Å²) in [6.07, 6.45) is 3.08. The van der Waals surface area contributed by atoms with Crippen molar-refractivity contribution in [2.45, 2.75) is 19.9 Å². The molecule has 0 bridgehead atoms. The van der Waals surface area contributed by atoms with Gasteiger partial charge >= 0.3 is 6.03 Å². The molecule has 2 amide bonds. The van der Waals surface area contributed by atoms with Gasteiger partial charge in [0, 0.05) is 38.8 Å². The smallest absolute Gasteiger partial charge is 0.322 e. The average molecular weight is 429 g/mol. The largest absolute Gasteiger partial charge is 0.476 e. The standard InChI is InChI=1S/C19H24FN9O2/c1-4-31-17-14(20)7-12(8-22-17)24-19(30)28-5-6-29(11(2)10-28)16-13-9-23-27(3)15(13)25-18(21)26-16/h7-9,11H,4-6,10H2,1-3H3,(H,24,30)(H2,21,25,26)/t11-/m0/s1. The van der Waals surface area contributed by atoms with Crippen molar-refractivity contribution in [2.24, 2.45) is 7.05 Å². The van der Waals surface area contributed by atoms with E-state index in [1.165, 1.54) is 12.3 Å². The summed E-state index contributed by atoms with van der Waals surface area (Å²) in [5.41, 5.74) is 6.82. The Morgan fingerprint density at radius 2 is 2.16 bits per heavy atom. The van der Waals surface area contributed by atoms with E-state index in [0.29, 0.717) is 37.7 Å². The summed E-state index contributed by atoms with van der Waals surface area (Å²) in [6.45, 7) is 5.50. The van der Waals surface area contributed by atoms with Crippen LogP contribution in [0, 0.1) is 5.82 Å². The third-order valence-electron chi connectivity index (χ3n) is 5.12. The van der Waals surface area contributed by atoms with Crippen molar-refractivity contribution < 1.29 is 13.9 Å². The Morgan fingerprint density at radius 1 is 1.35 bits per heavy atom. The van der Waals surface area contributed by atoms with Crippen molar-refractivity contribution in [1.29, 1.82) is 0 Å². The minimum absolute atomic E-state index is 0.0348. The first-order valence-electron chi connectivity index (χ1n) is 9.93. The summed E-state index contributed by atoms with van der Waals surface area (Å²) < 4.78 is 20.7. The van der Waals surface area contributed by atoms with Crippen LogP contribution in [0.4, 0.5) is 26.6 Å². The number of anilines is 3. The summed E-state index contributed by atoms with van der Waals surface area (Å²) in [7, 11) is 1.79. The van der Waals surface area contributed by atoms with Crippen molar-refractivity contribution in [2.75, 3.05) is 42.2 Å². The second-order valence-electron chi connectivity index (χ2n) is 7.27. The van der Waals surface area contributed by atoms with Crippen LogP contribution in [0.5, 0.6) is 5.88 Å². The van der Waals surface area contributed by atoms with Crippen molar-refractivity contribution in [1.82, 2.24) is 29.6 Å². The van der Waals surface area contributed by atoms with E-state index < -0.39 is 5.82 Å². The summed E-state index contributed by atoms with van der Waals surface area (Å²) in [5, 5.41) is 7.74. The minimum Gasteiger partial charge on any atom is -0.476 e. The lowest BCUT2D eigenvalue weighted by atomic mass is 10.2. The molecule has 0 aromatic carbocycles. The van der Waals surface area contributed by atoms with Crippen molar-refractivity contribution in [3.63, 3.8) is 0 Å². The van der Waals surface area contributed by atoms with Crippen LogP contribution in [0.1, 0.15) is 13.8 Å². The molecule has 1 aliphatic rings. The number of nitrogen functional groups attached to an aromatic ring is 1. The number of fused-ring (bicyclic) bond motifs is 1. The van der Waals surface area contributed by atoms with Gasteiger partial charge in [0.15, 0.2) is 11.5 Å². The van der Waals surface area contributed by atoms with Crippen LogP contribution in [0.15, 0.2) is 18.5 Å². The minimum atomic E-state index is -0.625. The maximum atomic E-state index is 14.0. The Labute approximate surface area is 178 Å². The molecule has 1 atom stereocenters. The molecule has 0 radical (unpaired) electrons. The number of piperazine rings is 1. The van der Waals surface area contributed by atoms with Crippen molar-refractivity contribution in [3.05, 3.63) is 24.3 Å². The molecule has 0 spiro atoms. The zero-order valence-electron chi connectivity index (χ0n) is 17.5. The number of hydrogen-bond donors (Lipinski definition) is 2. The monoisotopic (exact) mass is 429 g/mol. The van der Waals surface area contributed by atoms with Gasteiger partial charge in [-0.05, 0) is 13.8 Å². The first-order chi connectivity index (χ1) is 14.9. The maximum Gasteiger partial charge on any atom is 0.322 e. The van der Waals surface area contributed by atoms with Gasteiger partial charge in [0.2, 0.25) is 11.8 Å². The fourth-order valence-corrected chi connectivity index (χ4v) is 3.64. The number of rotatable bonds is 4. The zero-order valence-corrected chi connectivity index (χ0v) is 17.5. The Bertz CT molecular complexity index is 1120. The first-order valence-corrected chi connectivity index (χ1v) is 9.93. The molecule has 4 rings (SSSR count).